The summed E-state index contributed by atoms with van der Waals surface area (Å²) in [6.45, 7) is 2.21. The van der Waals surface area contributed by atoms with E-state index in [9.17, 15) is 13.5 Å². The van der Waals surface area contributed by atoms with Gasteiger partial charge in [-0.05, 0) is 49.2 Å². The Morgan fingerprint density at radius 2 is 1.83 bits per heavy atom. The van der Waals surface area contributed by atoms with Gasteiger partial charge in [-0.25, -0.2) is 13.1 Å². The van der Waals surface area contributed by atoms with E-state index in [-0.39, 0.29) is 10.6 Å². The van der Waals surface area contributed by atoms with Crippen molar-refractivity contribution in [2.45, 2.75) is 18.2 Å². The van der Waals surface area contributed by atoms with Crippen molar-refractivity contribution in [2.24, 2.45) is 7.05 Å². The Morgan fingerprint density at radius 1 is 1.12 bits per heavy atom. The molecule has 0 aliphatic heterocycles. The minimum absolute atomic E-state index is 0.204. The molecule has 0 aliphatic rings. The van der Waals surface area contributed by atoms with Gasteiger partial charge in [-0.2, -0.15) is 0 Å². The van der Waals surface area contributed by atoms with Crippen LogP contribution in [0, 0.1) is 6.92 Å². The van der Waals surface area contributed by atoms with E-state index in [0.29, 0.717) is 13.0 Å². The molecule has 1 heterocycles. The molecule has 0 bridgehead atoms. The first-order chi connectivity index (χ1) is 11.4. The van der Waals surface area contributed by atoms with Crippen LogP contribution in [0.4, 0.5) is 0 Å². The fourth-order valence-corrected chi connectivity index (χ4v) is 3.81. The molecule has 3 aromatic rings. The molecule has 3 rings (SSSR count). The molecule has 0 spiro atoms. The number of aromatic hydroxyl groups is 1. The van der Waals surface area contributed by atoms with Gasteiger partial charge in [0, 0.05) is 30.7 Å². The lowest BCUT2D eigenvalue weighted by molar-refractivity contribution is 0.476. The van der Waals surface area contributed by atoms with Crippen molar-refractivity contribution >= 4 is 20.9 Å². The highest BCUT2D eigenvalue weighted by molar-refractivity contribution is 7.89. The molecule has 5 nitrogen and oxygen atoms in total. The molecular formula is C18H20N2O3S. The standard InChI is InChI=1S/C18H20N2O3S/c1-13-3-6-16(7-4-13)24(22,23)19-10-9-14-12-20(2)18-8-5-15(21)11-17(14)18/h3-8,11-12,19,21H,9-10H2,1-2H3. The Balaban J connectivity index is 1.75. The molecule has 0 aliphatic carbocycles. The maximum absolute atomic E-state index is 12.3. The fourth-order valence-electron chi connectivity index (χ4n) is 2.78. The van der Waals surface area contributed by atoms with Crippen molar-refractivity contribution in [3.63, 3.8) is 0 Å². The van der Waals surface area contributed by atoms with Crippen LogP contribution < -0.4 is 4.72 Å². The number of fused-ring (bicyclic) bond motifs is 1. The lowest BCUT2D eigenvalue weighted by atomic mass is 10.1. The monoisotopic (exact) mass is 344 g/mol. The molecule has 0 radical (unpaired) electrons. The van der Waals surface area contributed by atoms with E-state index in [2.05, 4.69) is 4.72 Å². The lowest BCUT2D eigenvalue weighted by Crippen LogP contribution is -2.25. The highest BCUT2D eigenvalue weighted by Gasteiger charge is 2.14. The lowest BCUT2D eigenvalue weighted by Gasteiger charge is -2.07. The summed E-state index contributed by atoms with van der Waals surface area (Å²) in [5.41, 5.74) is 3.02. The zero-order valence-corrected chi connectivity index (χ0v) is 14.5. The Labute approximate surface area is 141 Å². The van der Waals surface area contributed by atoms with Crippen LogP contribution in [0.5, 0.6) is 5.75 Å². The predicted octanol–water partition coefficient (Wildman–Crippen LogP) is 2.71. The quantitative estimate of drug-likeness (QED) is 0.747. The van der Waals surface area contributed by atoms with E-state index in [4.69, 9.17) is 0 Å². The first-order valence-electron chi connectivity index (χ1n) is 7.70. The maximum atomic E-state index is 12.3. The van der Waals surface area contributed by atoms with E-state index in [0.717, 1.165) is 22.0 Å². The van der Waals surface area contributed by atoms with Crippen LogP contribution in [-0.2, 0) is 23.5 Å². The van der Waals surface area contributed by atoms with E-state index in [1.165, 1.54) is 0 Å². The Kier molecular flexibility index (Phi) is 4.34. The van der Waals surface area contributed by atoms with Crippen molar-refractivity contribution in [1.29, 1.82) is 0 Å². The normalized spacial score (nSPS) is 11.9. The van der Waals surface area contributed by atoms with Crippen LogP contribution in [0.25, 0.3) is 10.9 Å². The number of aryl methyl sites for hydroxylation is 2. The Morgan fingerprint density at radius 3 is 2.54 bits per heavy atom. The molecule has 1 aromatic heterocycles. The first kappa shape index (κ1) is 16.5. The molecular weight excluding hydrogens is 324 g/mol. The largest absolute Gasteiger partial charge is 0.508 e. The van der Waals surface area contributed by atoms with Crippen molar-refractivity contribution in [3.8, 4) is 5.75 Å². The summed E-state index contributed by atoms with van der Waals surface area (Å²) in [7, 11) is -1.58. The summed E-state index contributed by atoms with van der Waals surface area (Å²) in [5.74, 6) is 0.204. The number of rotatable bonds is 5. The predicted molar refractivity (Wildman–Crippen MR) is 94.7 cm³/mol. The molecule has 0 fully saturated rings. The van der Waals surface area contributed by atoms with Gasteiger partial charge in [-0.1, -0.05) is 17.7 Å². The second kappa shape index (κ2) is 6.30. The van der Waals surface area contributed by atoms with E-state index < -0.39 is 10.0 Å². The number of phenolic OH excluding ortho intramolecular Hbond substituents is 1. The minimum Gasteiger partial charge on any atom is -0.508 e. The molecule has 0 atom stereocenters. The van der Waals surface area contributed by atoms with Gasteiger partial charge in [0.15, 0.2) is 0 Å². The highest BCUT2D eigenvalue weighted by Crippen LogP contribution is 2.25. The van der Waals surface area contributed by atoms with E-state index in [1.807, 2.05) is 30.8 Å². The number of phenols is 1. The number of aromatic nitrogens is 1. The smallest absolute Gasteiger partial charge is 0.240 e. The van der Waals surface area contributed by atoms with Crippen molar-refractivity contribution in [2.75, 3.05) is 6.54 Å². The van der Waals surface area contributed by atoms with Crippen LogP contribution in [0.2, 0.25) is 0 Å². The summed E-state index contributed by atoms with van der Waals surface area (Å²) in [5, 5.41) is 10.6. The number of sulfonamides is 1. The zero-order valence-electron chi connectivity index (χ0n) is 13.7. The van der Waals surface area contributed by atoms with Crippen LogP contribution in [0.15, 0.2) is 53.6 Å². The molecule has 2 aromatic carbocycles. The van der Waals surface area contributed by atoms with Gasteiger partial charge in [0.25, 0.3) is 0 Å². The van der Waals surface area contributed by atoms with E-state index in [1.54, 1.807) is 36.4 Å². The minimum atomic E-state index is -3.51. The maximum Gasteiger partial charge on any atom is 0.240 e. The summed E-state index contributed by atoms with van der Waals surface area (Å²) in [6.07, 6.45) is 2.51. The molecule has 0 saturated heterocycles. The van der Waals surface area contributed by atoms with Gasteiger partial charge in [0.05, 0.1) is 4.90 Å². The van der Waals surface area contributed by atoms with Crippen LogP contribution >= 0.6 is 0 Å². The van der Waals surface area contributed by atoms with Crippen LogP contribution in [0.3, 0.4) is 0 Å². The topological polar surface area (TPSA) is 71.3 Å². The summed E-state index contributed by atoms with van der Waals surface area (Å²) < 4.78 is 29.2. The van der Waals surface area contributed by atoms with Crippen molar-refractivity contribution in [3.05, 3.63) is 59.8 Å². The number of nitrogens with zero attached hydrogens (tertiary/aromatic N) is 1. The number of hydrogen-bond donors (Lipinski definition) is 2. The van der Waals surface area contributed by atoms with Gasteiger partial charge in [0.1, 0.15) is 5.75 Å². The van der Waals surface area contributed by atoms with Gasteiger partial charge in [-0.3, -0.25) is 0 Å². The summed E-state index contributed by atoms with van der Waals surface area (Å²) in [6, 6.07) is 12.0. The molecule has 24 heavy (non-hydrogen) atoms. The molecule has 6 heteroatoms. The molecule has 2 N–H and O–H groups in total. The SMILES string of the molecule is Cc1ccc(S(=O)(=O)NCCc2cn(C)c3ccc(O)cc23)cc1. The average molecular weight is 344 g/mol. The van der Waals surface area contributed by atoms with Gasteiger partial charge in [-0.15, -0.1) is 0 Å². The van der Waals surface area contributed by atoms with Gasteiger partial charge < -0.3 is 9.67 Å². The number of benzene rings is 2. The molecule has 126 valence electrons. The average Bonchev–Trinajstić information content (AvgIpc) is 2.83. The third kappa shape index (κ3) is 3.29. The van der Waals surface area contributed by atoms with Gasteiger partial charge >= 0.3 is 0 Å². The number of nitrogens with one attached hydrogen (secondary N) is 1. The first-order valence-corrected chi connectivity index (χ1v) is 9.18. The Bertz CT molecular complexity index is 973. The number of hydrogen-bond acceptors (Lipinski definition) is 3. The highest BCUT2D eigenvalue weighted by atomic mass is 32.2. The van der Waals surface area contributed by atoms with Crippen molar-refractivity contribution < 1.29 is 13.5 Å². The van der Waals surface area contributed by atoms with Crippen LogP contribution in [0.1, 0.15) is 11.1 Å². The second-order valence-corrected chi connectivity index (χ2v) is 7.69. The Hall–Kier alpha value is -2.31. The van der Waals surface area contributed by atoms with Gasteiger partial charge in [0.2, 0.25) is 10.0 Å². The third-order valence-corrected chi connectivity index (χ3v) is 5.55. The van der Waals surface area contributed by atoms with Crippen LogP contribution in [-0.4, -0.2) is 24.6 Å². The summed E-state index contributed by atoms with van der Waals surface area (Å²) in [4.78, 5) is 0.267. The zero-order chi connectivity index (χ0) is 17.3. The molecule has 0 saturated carbocycles. The second-order valence-electron chi connectivity index (χ2n) is 5.93. The molecule has 0 unspecified atom stereocenters. The van der Waals surface area contributed by atoms with E-state index >= 15 is 0 Å². The fraction of sp³-hybridized carbons (Fsp3) is 0.222. The van der Waals surface area contributed by atoms with Crippen molar-refractivity contribution in [1.82, 2.24) is 9.29 Å². The summed E-state index contributed by atoms with van der Waals surface area (Å²) >= 11 is 0. The molecule has 0 amide bonds. The third-order valence-electron chi connectivity index (χ3n) is 4.07.